The van der Waals surface area contributed by atoms with Crippen molar-refractivity contribution in [2.45, 2.75) is 19.8 Å². The van der Waals surface area contributed by atoms with Crippen LogP contribution in [0.5, 0.6) is 0 Å². The fourth-order valence-electron chi connectivity index (χ4n) is 2.50. The third-order valence-corrected chi connectivity index (χ3v) is 3.58. The normalized spacial score (nSPS) is 21.0. The number of aliphatic carboxylic acids is 1. The largest absolute Gasteiger partial charge is 0.481 e. The van der Waals surface area contributed by atoms with Crippen molar-refractivity contribution in [2.24, 2.45) is 11.8 Å². The van der Waals surface area contributed by atoms with Crippen molar-refractivity contribution in [3.8, 4) is 0 Å². The molecule has 6 nitrogen and oxygen atoms in total. The lowest BCUT2D eigenvalue weighted by Crippen LogP contribution is -2.48. The smallest absolute Gasteiger partial charge is 0.319 e. The number of hydrogen-bond acceptors (Lipinski definition) is 3. The van der Waals surface area contributed by atoms with Gasteiger partial charge in [0.05, 0.1) is 5.92 Å². The summed E-state index contributed by atoms with van der Waals surface area (Å²) in [6, 6.07) is -0.0612. The number of rotatable bonds is 5. The van der Waals surface area contributed by atoms with Crippen LogP contribution in [-0.2, 0) is 4.79 Å². The average Bonchev–Trinajstić information content (AvgIpc) is 2.38. The Balaban J connectivity index is 2.49. The topological polar surface area (TPSA) is 72.9 Å². The van der Waals surface area contributed by atoms with Crippen molar-refractivity contribution in [3.05, 3.63) is 0 Å². The fourth-order valence-corrected chi connectivity index (χ4v) is 2.50. The number of carboxylic acid groups (broad SMARTS) is 1. The molecule has 1 saturated heterocycles. The third-order valence-electron chi connectivity index (χ3n) is 3.58. The van der Waals surface area contributed by atoms with Crippen molar-refractivity contribution in [1.82, 2.24) is 15.1 Å². The van der Waals surface area contributed by atoms with Crippen molar-refractivity contribution >= 4 is 12.0 Å². The minimum atomic E-state index is -0.869. The van der Waals surface area contributed by atoms with Gasteiger partial charge in [0.25, 0.3) is 0 Å². The van der Waals surface area contributed by atoms with E-state index in [-0.39, 0.29) is 12.6 Å². The predicted octanol–water partition coefficient (Wildman–Crippen LogP) is 0.690. The van der Waals surface area contributed by atoms with Crippen molar-refractivity contribution < 1.29 is 14.7 Å². The van der Waals surface area contributed by atoms with Crippen LogP contribution >= 0.6 is 0 Å². The van der Waals surface area contributed by atoms with E-state index in [1.807, 2.05) is 11.9 Å². The van der Waals surface area contributed by atoms with Crippen molar-refractivity contribution in [2.75, 3.05) is 40.3 Å². The van der Waals surface area contributed by atoms with Gasteiger partial charge in [-0.25, -0.2) is 4.79 Å². The van der Waals surface area contributed by atoms with E-state index in [1.54, 1.807) is 14.0 Å². The molecular formula is C13H25N3O3. The Hall–Kier alpha value is -1.30. The van der Waals surface area contributed by atoms with Gasteiger partial charge < -0.3 is 20.2 Å². The summed E-state index contributed by atoms with van der Waals surface area (Å²) in [6.45, 7) is 4.31. The Morgan fingerprint density at radius 1 is 1.53 bits per heavy atom. The van der Waals surface area contributed by atoms with E-state index in [1.165, 1.54) is 4.90 Å². The lowest BCUT2D eigenvalue weighted by atomic mass is 9.98. The zero-order chi connectivity index (χ0) is 14.4. The summed E-state index contributed by atoms with van der Waals surface area (Å²) in [4.78, 5) is 26.4. The number of hydrogen-bond donors (Lipinski definition) is 2. The molecule has 2 amide bonds. The van der Waals surface area contributed by atoms with Crippen LogP contribution in [0.25, 0.3) is 0 Å². The van der Waals surface area contributed by atoms with Gasteiger partial charge >= 0.3 is 12.0 Å². The summed E-state index contributed by atoms with van der Waals surface area (Å²) in [7, 11) is 3.59. The molecule has 6 heteroatoms. The zero-order valence-corrected chi connectivity index (χ0v) is 12.1. The highest BCUT2D eigenvalue weighted by Crippen LogP contribution is 2.17. The fraction of sp³-hybridized carbons (Fsp3) is 0.846. The molecule has 0 spiro atoms. The van der Waals surface area contributed by atoms with E-state index in [9.17, 15) is 9.59 Å². The van der Waals surface area contributed by atoms with Crippen molar-refractivity contribution in [3.63, 3.8) is 0 Å². The molecule has 1 heterocycles. The lowest BCUT2D eigenvalue weighted by Gasteiger charge is -2.35. The Morgan fingerprint density at radius 2 is 2.21 bits per heavy atom. The number of urea groups is 1. The summed E-state index contributed by atoms with van der Waals surface area (Å²) in [5.74, 6) is -0.911. The quantitative estimate of drug-likeness (QED) is 0.771. The molecule has 2 atom stereocenters. The van der Waals surface area contributed by atoms with E-state index in [0.29, 0.717) is 5.92 Å². The monoisotopic (exact) mass is 271 g/mol. The van der Waals surface area contributed by atoms with Crippen LogP contribution in [0.3, 0.4) is 0 Å². The maximum atomic E-state index is 12.2. The molecule has 1 aliphatic rings. The van der Waals surface area contributed by atoms with E-state index in [4.69, 9.17) is 5.11 Å². The van der Waals surface area contributed by atoms with Crippen LogP contribution in [0.2, 0.25) is 0 Å². The molecule has 0 aromatic heterocycles. The zero-order valence-electron chi connectivity index (χ0n) is 12.1. The molecule has 2 N–H and O–H groups in total. The first-order valence-electron chi connectivity index (χ1n) is 6.83. The highest BCUT2D eigenvalue weighted by Gasteiger charge is 2.26. The predicted molar refractivity (Wildman–Crippen MR) is 73.0 cm³/mol. The van der Waals surface area contributed by atoms with E-state index in [0.717, 1.165) is 32.5 Å². The first kappa shape index (κ1) is 15.8. The first-order valence-corrected chi connectivity index (χ1v) is 6.83. The Kier molecular flexibility index (Phi) is 6.08. The minimum Gasteiger partial charge on any atom is -0.481 e. The number of likely N-dealkylation sites (tertiary alicyclic amines) is 1. The molecule has 1 fully saturated rings. The van der Waals surface area contributed by atoms with Gasteiger partial charge in [-0.15, -0.1) is 0 Å². The molecule has 0 aliphatic carbocycles. The van der Waals surface area contributed by atoms with Crippen LogP contribution in [0, 0.1) is 11.8 Å². The summed E-state index contributed by atoms with van der Waals surface area (Å²) in [5, 5.41) is 12.0. The van der Waals surface area contributed by atoms with Crippen molar-refractivity contribution in [1.29, 1.82) is 0 Å². The molecule has 1 aliphatic heterocycles. The van der Waals surface area contributed by atoms with Crippen LogP contribution in [-0.4, -0.2) is 67.2 Å². The summed E-state index contributed by atoms with van der Waals surface area (Å²) in [6.07, 6.45) is 2.15. The number of piperidine rings is 1. The lowest BCUT2D eigenvalue weighted by molar-refractivity contribution is -0.141. The molecule has 1 rings (SSSR count). The van der Waals surface area contributed by atoms with Gasteiger partial charge in [0.15, 0.2) is 0 Å². The highest BCUT2D eigenvalue weighted by atomic mass is 16.4. The van der Waals surface area contributed by atoms with Gasteiger partial charge in [-0.3, -0.25) is 4.79 Å². The second-order valence-electron chi connectivity index (χ2n) is 5.41. The molecule has 0 bridgehead atoms. The third kappa shape index (κ3) is 4.70. The van der Waals surface area contributed by atoms with E-state index < -0.39 is 11.9 Å². The van der Waals surface area contributed by atoms with E-state index >= 15 is 0 Å². The summed E-state index contributed by atoms with van der Waals surface area (Å²) >= 11 is 0. The standard InChI is InChI=1S/C13H25N3O3/c1-10(12(17)18)8-15(3)13(19)16-6-4-5-11(9-16)7-14-2/h10-11,14H,4-9H2,1-3H3,(H,17,18). The maximum absolute atomic E-state index is 12.2. The molecule has 0 radical (unpaired) electrons. The van der Waals surface area contributed by atoms with Crippen LogP contribution < -0.4 is 5.32 Å². The van der Waals surface area contributed by atoms with Gasteiger partial charge in [0.1, 0.15) is 0 Å². The number of carboxylic acids is 1. The maximum Gasteiger partial charge on any atom is 0.319 e. The van der Waals surface area contributed by atoms with Gasteiger partial charge in [-0.05, 0) is 32.4 Å². The summed E-state index contributed by atoms with van der Waals surface area (Å²) < 4.78 is 0. The Labute approximate surface area is 114 Å². The first-order chi connectivity index (χ1) is 8.95. The van der Waals surface area contributed by atoms with Crippen LogP contribution in [0.4, 0.5) is 4.79 Å². The average molecular weight is 271 g/mol. The molecular weight excluding hydrogens is 246 g/mol. The van der Waals surface area contributed by atoms with Gasteiger partial charge in [0.2, 0.25) is 0 Å². The van der Waals surface area contributed by atoms with Gasteiger partial charge in [0, 0.05) is 26.7 Å². The SMILES string of the molecule is CNCC1CCCN(C(=O)N(C)CC(C)C(=O)O)C1. The molecule has 2 unspecified atom stereocenters. The number of carbonyl (C=O) groups is 2. The minimum absolute atomic E-state index is 0.0612. The Morgan fingerprint density at radius 3 is 2.79 bits per heavy atom. The van der Waals surface area contributed by atoms with Crippen LogP contribution in [0.1, 0.15) is 19.8 Å². The summed E-state index contributed by atoms with van der Waals surface area (Å²) in [5.41, 5.74) is 0. The van der Waals surface area contributed by atoms with Gasteiger partial charge in [-0.1, -0.05) is 6.92 Å². The molecule has 0 saturated carbocycles. The molecule has 110 valence electrons. The number of amides is 2. The number of carbonyl (C=O) groups excluding carboxylic acids is 1. The second-order valence-corrected chi connectivity index (χ2v) is 5.41. The van der Waals surface area contributed by atoms with E-state index in [2.05, 4.69) is 5.32 Å². The van der Waals surface area contributed by atoms with Gasteiger partial charge in [-0.2, -0.15) is 0 Å². The molecule has 0 aromatic carbocycles. The number of nitrogens with one attached hydrogen (secondary N) is 1. The highest BCUT2D eigenvalue weighted by molar-refractivity contribution is 5.76. The second kappa shape index (κ2) is 7.33. The van der Waals surface area contributed by atoms with Crippen LogP contribution in [0.15, 0.2) is 0 Å². The molecule has 19 heavy (non-hydrogen) atoms. The molecule has 0 aromatic rings. The Bertz CT molecular complexity index is 320. The number of nitrogens with zero attached hydrogens (tertiary/aromatic N) is 2.